The number of benzene rings is 1. The summed E-state index contributed by atoms with van der Waals surface area (Å²) in [5, 5.41) is 15.6. The third-order valence-corrected chi connectivity index (χ3v) is 5.40. The Balaban J connectivity index is 1.72. The quantitative estimate of drug-likeness (QED) is 0.723. The number of halogens is 1. The lowest BCUT2D eigenvalue weighted by molar-refractivity contribution is -0.123. The number of carbonyl (C=O) groups is 1. The van der Waals surface area contributed by atoms with Gasteiger partial charge in [-0.05, 0) is 38.1 Å². The predicted octanol–water partition coefficient (Wildman–Crippen LogP) is 0.868. The summed E-state index contributed by atoms with van der Waals surface area (Å²) in [6.45, 7) is 9.26. The molecule has 3 unspecified atom stereocenters. The van der Waals surface area contributed by atoms with Crippen molar-refractivity contribution in [3.63, 3.8) is 0 Å². The number of β-amino-alcohol motifs (C(OH)–C–C–N with tert-alkyl or cyclic N) is 1. The van der Waals surface area contributed by atoms with Gasteiger partial charge in [0.15, 0.2) is 0 Å². The number of hydrogen-bond donors (Lipinski definition) is 3. The van der Waals surface area contributed by atoms with Crippen molar-refractivity contribution < 1.29 is 14.3 Å². The van der Waals surface area contributed by atoms with E-state index in [1.54, 1.807) is 0 Å². The molecule has 1 amide bonds. The molecule has 2 heterocycles. The van der Waals surface area contributed by atoms with Crippen molar-refractivity contribution in [2.75, 3.05) is 44.2 Å². The highest BCUT2D eigenvalue weighted by molar-refractivity contribution is 5.82. The van der Waals surface area contributed by atoms with Crippen LogP contribution in [0.5, 0.6) is 0 Å². The molecule has 0 aromatic heterocycles. The molecule has 26 heavy (non-hydrogen) atoms. The number of carbonyl (C=O) groups excluding carboxylic acids is 1. The zero-order chi connectivity index (χ0) is 18.7. The molecular weight excluding hydrogens is 335 g/mol. The lowest BCUT2D eigenvalue weighted by Crippen LogP contribution is -2.47. The maximum atomic E-state index is 13.9. The van der Waals surface area contributed by atoms with E-state index in [4.69, 9.17) is 0 Å². The van der Waals surface area contributed by atoms with Crippen LogP contribution in [0.4, 0.5) is 10.1 Å². The fourth-order valence-electron chi connectivity index (χ4n) is 3.77. The van der Waals surface area contributed by atoms with E-state index in [9.17, 15) is 14.3 Å². The molecule has 0 radical (unpaired) electrons. The van der Waals surface area contributed by atoms with E-state index >= 15 is 0 Å². The third-order valence-electron chi connectivity index (χ3n) is 5.40. The van der Waals surface area contributed by atoms with Crippen LogP contribution in [0.15, 0.2) is 18.2 Å². The first kappa shape index (κ1) is 19.1. The normalized spacial score (nSPS) is 25.3. The standard InChI is InChI=1S/C19H29FN4O2/c1-3-23-6-8-24(9-7-23)18-5-4-14(20)10-16(18)13(2)22-19(26)17-11-15(25)12-21-17/h4-5,10,13,15,17,21,25H,3,6-9,11-12H2,1-2H3,(H,22,26). The van der Waals surface area contributed by atoms with Gasteiger partial charge in [0, 0.05) is 44.0 Å². The number of likely N-dealkylation sites (N-methyl/N-ethyl adjacent to an activating group) is 1. The van der Waals surface area contributed by atoms with E-state index < -0.39 is 12.1 Å². The van der Waals surface area contributed by atoms with Crippen molar-refractivity contribution >= 4 is 11.6 Å². The second-order valence-corrected chi connectivity index (χ2v) is 7.21. The molecule has 3 atom stereocenters. The molecule has 0 spiro atoms. The summed E-state index contributed by atoms with van der Waals surface area (Å²) in [5.41, 5.74) is 1.77. The highest BCUT2D eigenvalue weighted by Crippen LogP contribution is 2.28. The monoisotopic (exact) mass is 364 g/mol. The van der Waals surface area contributed by atoms with Gasteiger partial charge in [-0.15, -0.1) is 0 Å². The predicted molar refractivity (Wildman–Crippen MR) is 99.7 cm³/mol. The van der Waals surface area contributed by atoms with Gasteiger partial charge in [-0.1, -0.05) is 6.92 Å². The van der Waals surface area contributed by atoms with Crippen LogP contribution >= 0.6 is 0 Å². The summed E-state index contributed by atoms with van der Waals surface area (Å²) in [6.07, 6.45) is -0.0753. The van der Waals surface area contributed by atoms with Crippen molar-refractivity contribution in [2.45, 2.75) is 38.5 Å². The van der Waals surface area contributed by atoms with E-state index in [2.05, 4.69) is 27.4 Å². The van der Waals surface area contributed by atoms with E-state index in [1.807, 2.05) is 13.0 Å². The largest absolute Gasteiger partial charge is 0.392 e. The highest BCUT2D eigenvalue weighted by Gasteiger charge is 2.29. The Kier molecular flexibility index (Phi) is 6.11. The van der Waals surface area contributed by atoms with Crippen LogP contribution in [0.1, 0.15) is 31.9 Å². The molecule has 2 aliphatic heterocycles. The van der Waals surface area contributed by atoms with Crippen LogP contribution in [0.2, 0.25) is 0 Å². The van der Waals surface area contributed by atoms with Crippen LogP contribution in [-0.2, 0) is 4.79 Å². The van der Waals surface area contributed by atoms with Crippen LogP contribution < -0.4 is 15.5 Å². The molecule has 2 aliphatic rings. The van der Waals surface area contributed by atoms with E-state index in [1.165, 1.54) is 12.1 Å². The van der Waals surface area contributed by atoms with Gasteiger partial charge in [-0.2, -0.15) is 0 Å². The van der Waals surface area contributed by atoms with Gasteiger partial charge in [-0.25, -0.2) is 4.39 Å². The van der Waals surface area contributed by atoms with Gasteiger partial charge in [0.2, 0.25) is 5.91 Å². The zero-order valence-corrected chi connectivity index (χ0v) is 15.5. The van der Waals surface area contributed by atoms with Crippen molar-refractivity contribution in [1.82, 2.24) is 15.5 Å². The molecule has 0 aliphatic carbocycles. The first-order valence-electron chi connectivity index (χ1n) is 9.46. The summed E-state index contributed by atoms with van der Waals surface area (Å²) >= 11 is 0. The topological polar surface area (TPSA) is 67.8 Å². The molecule has 2 fully saturated rings. The molecule has 0 saturated carbocycles. The number of aliphatic hydroxyl groups excluding tert-OH is 1. The first-order valence-corrected chi connectivity index (χ1v) is 9.46. The minimum atomic E-state index is -0.486. The molecule has 3 N–H and O–H groups in total. The van der Waals surface area contributed by atoms with Crippen molar-refractivity contribution in [1.29, 1.82) is 0 Å². The fourth-order valence-corrected chi connectivity index (χ4v) is 3.77. The van der Waals surface area contributed by atoms with Gasteiger partial charge in [-0.3, -0.25) is 4.79 Å². The van der Waals surface area contributed by atoms with Crippen LogP contribution in [0, 0.1) is 5.82 Å². The first-order chi connectivity index (χ1) is 12.5. The molecule has 1 aromatic carbocycles. The molecule has 2 saturated heterocycles. The van der Waals surface area contributed by atoms with Gasteiger partial charge in [0.25, 0.3) is 0 Å². The molecular formula is C19H29FN4O2. The molecule has 7 heteroatoms. The average molecular weight is 364 g/mol. The Bertz CT molecular complexity index is 634. The van der Waals surface area contributed by atoms with Crippen LogP contribution in [-0.4, -0.2) is 67.3 Å². The number of piperazine rings is 1. The summed E-state index contributed by atoms with van der Waals surface area (Å²) in [6, 6.07) is 4.11. The number of hydrogen-bond acceptors (Lipinski definition) is 5. The van der Waals surface area contributed by atoms with E-state index in [0.717, 1.165) is 44.0 Å². The smallest absolute Gasteiger partial charge is 0.237 e. The Morgan fingerprint density at radius 2 is 2.12 bits per heavy atom. The number of nitrogens with one attached hydrogen (secondary N) is 2. The number of anilines is 1. The number of aliphatic hydroxyl groups is 1. The molecule has 6 nitrogen and oxygen atoms in total. The molecule has 1 aromatic rings. The van der Waals surface area contributed by atoms with Crippen LogP contribution in [0.3, 0.4) is 0 Å². The minimum absolute atomic E-state index is 0.153. The maximum Gasteiger partial charge on any atom is 0.237 e. The average Bonchev–Trinajstić information content (AvgIpc) is 3.08. The minimum Gasteiger partial charge on any atom is -0.392 e. The zero-order valence-electron chi connectivity index (χ0n) is 15.5. The lowest BCUT2D eigenvalue weighted by Gasteiger charge is -2.37. The van der Waals surface area contributed by atoms with Gasteiger partial charge >= 0.3 is 0 Å². The van der Waals surface area contributed by atoms with E-state index in [0.29, 0.717) is 13.0 Å². The molecule has 144 valence electrons. The van der Waals surface area contributed by atoms with Gasteiger partial charge in [0.1, 0.15) is 5.82 Å². The Hall–Kier alpha value is -1.70. The summed E-state index contributed by atoms with van der Waals surface area (Å²) < 4.78 is 13.9. The second kappa shape index (κ2) is 8.33. The highest BCUT2D eigenvalue weighted by atomic mass is 19.1. The van der Waals surface area contributed by atoms with E-state index in [-0.39, 0.29) is 17.8 Å². The Morgan fingerprint density at radius 1 is 1.38 bits per heavy atom. The Morgan fingerprint density at radius 3 is 2.73 bits per heavy atom. The fraction of sp³-hybridized carbons (Fsp3) is 0.632. The maximum absolute atomic E-state index is 13.9. The van der Waals surface area contributed by atoms with Crippen molar-refractivity contribution in [2.24, 2.45) is 0 Å². The SMILES string of the molecule is CCN1CCN(c2ccc(F)cc2C(C)NC(=O)C2CC(O)CN2)CC1. The number of nitrogens with zero attached hydrogens (tertiary/aromatic N) is 2. The number of rotatable bonds is 5. The number of amides is 1. The third kappa shape index (κ3) is 4.34. The lowest BCUT2D eigenvalue weighted by atomic mass is 10.0. The van der Waals surface area contributed by atoms with Crippen molar-refractivity contribution in [3.05, 3.63) is 29.6 Å². The second-order valence-electron chi connectivity index (χ2n) is 7.21. The molecule has 0 bridgehead atoms. The summed E-state index contributed by atoms with van der Waals surface area (Å²) in [5.74, 6) is -0.452. The summed E-state index contributed by atoms with van der Waals surface area (Å²) in [7, 11) is 0. The van der Waals surface area contributed by atoms with Gasteiger partial charge in [0.05, 0.1) is 18.2 Å². The Labute approximate surface area is 154 Å². The van der Waals surface area contributed by atoms with Crippen LogP contribution in [0.25, 0.3) is 0 Å². The van der Waals surface area contributed by atoms with Gasteiger partial charge < -0.3 is 25.5 Å². The molecule has 3 rings (SSSR count). The summed E-state index contributed by atoms with van der Waals surface area (Å²) in [4.78, 5) is 17.1. The van der Waals surface area contributed by atoms with Crippen molar-refractivity contribution in [3.8, 4) is 0 Å².